The number of aromatic nitrogens is 2. The molecule has 0 spiro atoms. The van der Waals surface area contributed by atoms with Crippen LogP contribution >= 0.6 is 0 Å². The van der Waals surface area contributed by atoms with Crippen LogP contribution in [0.25, 0.3) is 0 Å². The van der Waals surface area contributed by atoms with Crippen molar-refractivity contribution in [2.75, 3.05) is 6.54 Å². The topological polar surface area (TPSA) is 63.8 Å². The summed E-state index contributed by atoms with van der Waals surface area (Å²) in [6, 6.07) is 10.8. The minimum atomic E-state index is 0.240. The predicted molar refractivity (Wildman–Crippen MR) is 95.2 cm³/mol. The van der Waals surface area contributed by atoms with Gasteiger partial charge in [0.05, 0.1) is 5.69 Å². The van der Waals surface area contributed by atoms with Crippen LogP contribution < -0.4 is 11.1 Å². The van der Waals surface area contributed by atoms with Crippen LogP contribution in [0.4, 0.5) is 0 Å². The highest BCUT2D eigenvalue weighted by Crippen LogP contribution is 2.15. The molecule has 0 amide bonds. The zero-order chi connectivity index (χ0) is 16.5. The van der Waals surface area contributed by atoms with Crippen molar-refractivity contribution in [2.45, 2.75) is 51.6 Å². The summed E-state index contributed by atoms with van der Waals surface area (Å²) in [4.78, 5) is 8.95. The SMILES string of the molecule is Cc1cccnc1CCC(CCCN)NC(C)c1ccccn1. The molecule has 0 aliphatic heterocycles. The third kappa shape index (κ3) is 5.73. The molecule has 4 nitrogen and oxygen atoms in total. The van der Waals surface area contributed by atoms with E-state index in [1.165, 1.54) is 11.3 Å². The summed E-state index contributed by atoms with van der Waals surface area (Å²) in [6.45, 7) is 5.03. The molecule has 2 heterocycles. The lowest BCUT2D eigenvalue weighted by atomic mass is 10.0. The van der Waals surface area contributed by atoms with Gasteiger partial charge in [0.1, 0.15) is 0 Å². The standard InChI is InChI=1S/C19H28N4/c1-15-7-6-14-21-18(15)11-10-17(8-5-12-20)23-16(2)19-9-3-4-13-22-19/h3-4,6-7,9,13-14,16-17,23H,5,8,10-12,20H2,1-2H3. The third-order valence-corrected chi connectivity index (χ3v) is 4.22. The van der Waals surface area contributed by atoms with Crippen molar-refractivity contribution < 1.29 is 0 Å². The molecule has 3 N–H and O–H groups in total. The van der Waals surface area contributed by atoms with Crippen LogP contribution in [0.3, 0.4) is 0 Å². The molecule has 0 aliphatic carbocycles. The molecule has 124 valence electrons. The van der Waals surface area contributed by atoms with Crippen LogP contribution in [0.2, 0.25) is 0 Å². The highest BCUT2D eigenvalue weighted by atomic mass is 15.0. The van der Waals surface area contributed by atoms with Gasteiger partial charge in [0.25, 0.3) is 0 Å². The molecule has 0 saturated heterocycles. The molecule has 0 saturated carbocycles. The maximum absolute atomic E-state index is 5.70. The van der Waals surface area contributed by atoms with Crippen molar-refractivity contribution in [2.24, 2.45) is 5.73 Å². The molecule has 2 rings (SSSR count). The number of rotatable bonds is 9. The van der Waals surface area contributed by atoms with Crippen molar-refractivity contribution in [3.05, 3.63) is 59.7 Å². The van der Waals surface area contributed by atoms with Gasteiger partial charge in [-0.2, -0.15) is 0 Å². The van der Waals surface area contributed by atoms with E-state index >= 15 is 0 Å². The van der Waals surface area contributed by atoms with Gasteiger partial charge >= 0.3 is 0 Å². The van der Waals surface area contributed by atoms with Crippen molar-refractivity contribution in [1.82, 2.24) is 15.3 Å². The molecule has 0 aromatic carbocycles. The highest BCUT2D eigenvalue weighted by Gasteiger charge is 2.14. The predicted octanol–water partition coefficient (Wildman–Crippen LogP) is 3.18. The van der Waals surface area contributed by atoms with Crippen molar-refractivity contribution >= 4 is 0 Å². The summed E-state index contributed by atoms with van der Waals surface area (Å²) in [6.07, 6.45) is 7.90. The van der Waals surface area contributed by atoms with E-state index in [9.17, 15) is 0 Å². The Morgan fingerprint density at radius 2 is 1.91 bits per heavy atom. The van der Waals surface area contributed by atoms with Gasteiger partial charge < -0.3 is 11.1 Å². The zero-order valence-corrected chi connectivity index (χ0v) is 14.2. The van der Waals surface area contributed by atoms with Gasteiger partial charge in [0, 0.05) is 30.2 Å². The Morgan fingerprint density at radius 1 is 1.09 bits per heavy atom. The molecular formula is C19H28N4. The first-order chi connectivity index (χ1) is 11.2. The zero-order valence-electron chi connectivity index (χ0n) is 14.2. The Bertz CT molecular complexity index is 571. The summed E-state index contributed by atoms with van der Waals surface area (Å²) >= 11 is 0. The van der Waals surface area contributed by atoms with Gasteiger partial charge in [-0.25, -0.2) is 0 Å². The van der Waals surface area contributed by atoms with Crippen LogP contribution in [0.15, 0.2) is 42.7 Å². The quantitative estimate of drug-likeness (QED) is 0.746. The minimum Gasteiger partial charge on any atom is -0.330 e. The second-order valence-electron chi connectivity index (χ2n) is 6.08. The van der Waals surface area contributed by atoms with E-state index in [-0.39, 0.29) is 6.04 Å². The molecule has 0 fully saturated rings. The summed E-state index contributed by atoms with van der Waals surface area (Å²) < 4.78 is 0. The number of hydrogen-bond acceptors (Lipinski definition) is 4. The Balaban J connectivity index is 1.95. The molecule has 2 aromatic heterocycles. The van der Waals surface area contributed by atoms with Crippen molar-refractivity contribution in [1.29, 1.82) is 0 Å². The summed E-state index contributed by atoms with van der Waals surface area (Å²) in [5.41, 5.74) is 9.24. The Hall–Kier alpha value is -1.78. The molecule has 23 heavy (non-hydrogen) atoms. The van der Waals surface area contributed by atoms with E-state index in [0.717, 1.165) is 37.9 Å². The molecule has 4 heteroatoms. The number of hydrogen-bond donors (Lipinski definition) is 2. The number of nitrogens with one attached hydrogen (secondary N) is 1. The molecule has 2 atom stereocenters. The summed E-state index contributed by atoms with van der Waals surface area (Å²) in [5.74, 6) is 0. The average Bonchev–Trinajstić information content (AvgIpc) is 2.59. The normalized spacial score (nSPS) is 13.7. The fraction of sp³-hybridized carbons (Fsp3) is 0.474. The number of pyridine rings is 2. The average molecular weight is 312 g/mol. The van der Waals surface area contributed by atoms with Crippen LogP contribution in [-0.2, 0) is 6.42 Å². The Kier molecular flexibility index (Phi) is 7.17. The maximum Gasteiger partial charge on any atom is 0.0570 e. The lowest BCUT2D eigenvalue weighted by molar-refractivity contribution is 0.397. The fourth-order valence-electron chi connectivity index (χ4n) is 2.84. The lowest BCUT2D eigenvalue weighted by Gasteiger charge is -2.23. The molecule has 0 radical (unpaired) electrons. The van der Waals surface area contributed by atoms with Crippen LogP contribution in [0.1, 0.15) is 49.2 Å². The van der Waals surface area contributed by atoms with E-state index in [2.05, 4.69) is 41.3 Å². The monoisotopic (exact) mass is 312 g/mol. The molecular weight excluding hydrogens is 284 g/mol. The van der Waals surface area contributed by atoms with E-state index in [4.69, 9.17) is 5.73 Å². The largest absolute Gasteiger partial charge is 0.330 e. The fourth-order valence-corrected chi connectivity index (χ4v) is 2.84. The summed E-state index contributed by atoms with van der Waals surface area (Å²) in [7, 11) is 0. The second kappa shape index (κ2) is 9.38. The van der Waals surface area contributed by atoms with E-state index in [1.54, 1.807) is 0 Å². The van der Waals surface area contributed by atoms with Crippen molar-refractivity contribution in [3.8, 4) is 0 Å². The van der Waals surface area contributed by atoms with Crippen LogP contribution in [0, 0.1) is 6.92 Å². The Labute approximate surface area is 139 Å². The number of aryl methyl sites for hydroxylation is 2. The first-order valence-corrected chi connectivity index (χ1v) is 8.48. The second-order valence-corrected chi connectivity index (χ2v) is 6.08. The van der Waals surface area contributed by atoms with Crippen molar-refractivity contribution in [3.63, 3.8) is 0 Å². The molecule has 2 unspecified atom stereocenters. The maximum atomic E-state index is 5.70. The van der Waals surface area contributed by atoms with Crippen LogP contribution in [-0.4, -0.2) is 22.6 Å². The van der Waals surface area contributed by atoms with Gasteiger partial charge in [-0.15, -0.1) is 0 Å². The molecule has 0 aliphatic rings. The molecule has 0 bridgehead atoms. The first kappa shape index (κ1) is 17.6. The van der Waals surface area contributed by atoms with E-state index in [1.807, 2.05) is 30.6 Å². The summed E-state index contributed by atoms with van der Waals surface area (Å²) in [5, 5.41) is 3.71. The van der Waals surface area contributed by atoms with Gasteiger partial charge in [0.15, 0.2) is 0 Å². The highest BCUT2D eigenvalue weighted by molar-refractivity contribution is 5.17. The van der Waals surface area contributed by atoms with E-state index < -0.39 is 0 Å². The van der Waals surface area contributed by atoms with Gasteiger partial charge in [0.2, 0.25) is 0 Å². The van der Waals surface area contributed by atoms with Gasteiger partial charge in [-0.1, -0.05) is 12.1 Å². The van der Waals surface area contributed by atoms with Gasteiger partial charge in [-0.05, 0) is 69.8 Å². The third-order valence-electron chi connectivity index (χ3n) is 4.22. The lowest BCUT2D eigenvalue weighted by Crippen LogP contribution is -2.33. The van der Waals surface area contributed by atoms with Gasteiger partial charge in [-0.3, -0.25) is 9.97 Å². The van der Waals surface area contributed by atoms with E-state index in [0.29, 0.717) is 6.04 Å². The Morgan fingerprint density at radius 3 is 2.61 bits per heavy atom. The van der Waals surface area contributed by atoms with Crippen LogP contribution in [0.5, 0.6) is 0 Å². The first-order valence-electron chi connectivity index (χ1n) is 8.48. The number of nitrogens with two attached hydrogens (primary N) is 1. The molecule has 2 aromatic rings. The minimum absolute atomic E-state index is 0.240. The number of nitrogens with zero attached hydrogens (tertiary/aromatic N) is 2. The smallest absolute Gasteiger partial charge is 0.0570 e.